The second kappa shape index (κ2) is 16.8. The zero-order valence-electron chi connectivity index (χ0n) is 19.5. The van der Waals surface area contributed by atoms with Crippen molar-refractivity contribution < 1.29 is 60.3 Å². The van der Waals surface area contributed by atoms with Gasteiger partial charge in [-0.05, 0) is 13.8 Å². The molecule has 0 saturated carbocycles. The fourth-order valence-electron chi connectivity index (χ4n) is 1.86. The lowest BCUT2D eigenvalue weighted by atomic mass is 10.4. The van der Waals surface area contributed by atoms with Crippen LogP contribution >= 0.6 is 7.82 Å². The van der Waals surface area contributed by atoms with E-state index >= 15 is 0 Å². The SMILES string of the molecule is CC(=O)OC[C@H](COP(=O)(O)OCCNC(=O)OCCOCCNS(=O)(=O)C(C)C)OC(C)=O. The van der Waals surface area contributed by atoms with Gasteiger partial charge in [0.2, 0.25) is 10.0 Å². The molecule has 0 radical (unpaired) electrons. The average molecular weight is 536 g/mol. The smallest absolute Gasteiger partial charge is 0.462 e. The molecule has 15 nitrogen and oxygen atoms in total. The summed E-state index contributed by atoms with van der Waals surface area (Å²) >= 11 is 0. The Morgan fingerprint density at radius 3 is 2.18 bits per heavy atom. The maximum atomic E-state index is 11.8. The Morgan fingerprint density at radius 1 is 0.912 bits per heavy atom. The van der Waals surface area contributed by atoms with E-state index in [1.807, 2.05) is 0 Å². The molecule has 0 fully saturated rings. The van der Waals surface area contributed by atoms with Gasteiger partial charge in [0.1, 0.15) is 13.2 Å². The van der Waals surface area contributed by atoms with Gasteiger partial charge in [-0.25, -0.2) is 22.5 Å². The first-order valence-corrected chi connectivity index (χ1v) is 13.2. The van der Waals surface area contributed by atoms with E-state index in [4.69, 9.17) is 18.7 Å². The van der Waals surface area contributed by atoms with Crippen LogP contribution in [0.2, 0.25) is 0 Å². The molecule has 1 unspecified atom stereocenters. The molecule has 200 valence electrons. The maximum Gasteiger partial charge on any atom is 0.472 e. The van der Waals surface area contributed by atoms with Crippen LogP contribution in [0, 0.1) is 0 Å². The molecule has 0 saturated heterocycles. The third kappa shape index (κ3) is 17.6. The molecule has 0 rings (SSSR count). The number of phosphoric ester groups is 1. The molecule has 0 aromatic carbocycles. The number of amides is 1. The van der Waals surface area contributed by atoms with Crippen LogP contribution in [0.1, 0.15) is 27.7 Å². The molecule has 17 heteroatoms. The van der Waals surface area contributed by atoms with Gasteiger partial charge in [-0.2, -0.15) is 0 Å². The summed E-state index contributed by atoms with van der Waals surface area (Å²) in [7, 11) is -7.91. The van der Waals surface area contributed by atoms with E-state index in [9.17, 15) is 32.3 Å². The number of ether oxygens (including phenoxy) is 4. The van der Waals surface area contributed by atoms with Crippen LogP contribution < -0.4 is 10.0 Å². The predicted octanol–water partition coefficient (Wildman–Crippen LogP) is -0.315. The van der Waals surface area contributed by atoms with Crippen LogP contribution in [-0.4, -0.2) is 95.4 Å². The van der Waals surface area contributed by atoms with Gasteiger partial charge >= 0.3 is 25.9 Å². The monoisotopic (exact) mass is 536 g/mol. The standard InChI is InChI=1S/C17H33N2O13PS/c1-13(2)34(25,26)19-6-7-27-9-10-28-17(22)18-5-8-30-33(23,24)31-12-16(32-15(4)21)11-29-14(3)20/h13,16,19H,5-12H2,1-4H3,(H,18,22)(H,23,24)/t16-/m1/s1. The molecule has 0 spiro atoms. The molecule has 0 bridgehead atoms. The maximum absolute atomic E-state index is 11.8. The zero-order chi connectivity index (χ0) is 26.2. The second-order valence-electron chi connectivity index (χ2n) is 6.79. The fourth-order valence-corrected chi connectivity index (χ4v) is 3.31. The number of sulfonamides is 1. The van der Waals surface area contributed by atoms with Crippen molar-refractivity contribution in [2.75, 3.05) is 52.7 Å². The summed E-state index contributed by atoms with van der Waals surface area (Å²) < 4.78 is 66.0. The minimum atomic E-state index is -4.55. The van der Waals surface area contributed by atoms with Gasteiger partial charge in [-0.15, -0.1) is 0 Å². The highest BCUT2D eigenvalue weighted by molar-refractivity contribution is 7.90. The Morgan fingerprint density at radius 2 is 1.59 bits per heavy atom. The zero-order valence-corrected chi connectivity index (χ0v) is 21.2. The second-order valence-corrected chi connectivity index (χ2v) is 10.6. The molecule has 1 amide bonds. The van der Waals surface area contributed by atoms with Crippen molar-refractivity contribution in [2.45, 2.75) is 39.0 Å². The largest absolute Gasteiger partial charge is 0.472 e. The van der Waals surface area contributed by atoms with Crippen molar-refractivity contribution in [1.82, 2.24) is 10.0 Å². The van der Waals surface area contributed by atoms with Crippen molar-refractivity contribution in [3.05, 3.63) is 0 Å². The first-order chi connectivity index (χ1) is 15.7. The van der Waals surface area contributed by atoms with Crippen LogP contribution in [0.3, 0.4) is 0 Å². The number of rotatable bonds is 18. The van der Waals surface area contributed by atoms with Crippen molar-refractivity contribution >= 4 is 35.9 Å². The summed E-state index contributed by atoms with van der Waals surface area (Å²) in [5.41, 5.74) is 0. The summed E-state index contributed by atoms with van der Waals surface area (Å²) in [6.45, 7) is 3.88. The number of nitrogens with one attached hydrogen (secondary N) is 2. The molecular formula is C17H33N2O13PS. The highest BCUT2D eigenvalue weighted by atomic mass is 32.2. The fraction of sp³-hybridized carbons (Fsp3) is 0.824. The van der Waals surface area contributed by atoms with Crippen LogP contribution in [0.5, 0.6) is 0 Å². The van der Waals surface area contributed by atoms with Crippen molar-refractivity contribution in [1.29, 1.82) is 0 Å². The van der Waals surface area contributed by atoms with E-state index < -0.39 is 60.4 Å². The average Bonchev–Trinajstić information content (AvgIpc) is 2.72. The molecule has 0 aromatic rings. The van der Waals surface area contributed by atoms with Crippen molar-refractivity contribution in [2.24, 2.45) is 0 Å². The number of alkyl carbamates (subject to hydrolysis) is 1. The van der Waals surface area contributed by atoms with E-state index in [0.29, 0.717) is 0 Å². The van der Waals surface area contributed by atoms with E-state index in [-0.39, 0.29) is 39.5 Å². The molecule has 0 heterocycles. The van der Waals surface area contributed by atoms with Gasteiger partial charge in [0.25, 0.3) is 0 Å². The Labute approximate surface area is 198 Å². The van der Waals surface area contributed by atoms with Gasteiger partial charge in [-0.1, -0.05) is 0 Å². The lowest BCUT2D eigenvalue weighted by molar-refractivity contribution is -0.158. The Balaban J connectivity index is 3.97. The van der Waals surface area contributed by atoms with Gasteiger partial charge in [-0.3, -0.25) is 18.6 Å². The first kappa shape index (κ1) is 32.2. The topological polar surface area (TPSA) is 202 Å². The Bertz CT molecular complexity index is 790. The molecule has 2 atom stereocenters. The quantitative estimate of drug-likeness (QED) is 0.0891. The van der Waals surface area contributed by atoms with Crippen molar-refractivity contribution in [3.8, 4) is 0 Å². The number of esters is 2. The summed E-state index contributed by atoms with van der Waals surface area (Å²) in [5.74, 6) is -1.35. The lowest BCUT2D eigenvalue weighted by Crippen LogP contribution is -2.33. The molecule has 0 aliphatic rings. The predicted molar refractivity (Wildman–Crippen MR) is 116 cm³/mol. The van der Waals surface area contributed by atoms with E-state index in [2.05, 4.69) is 19.3 Å². The van der Waals surface area contributed by atoms with Gasteiger partial charge in [0.05, 0.1) is 31.7 Å². The van der Waals surface area contributed by atoms with Crippen LogP contribution in [0.15, 0.2) is 0 Å². The van der Waals surface area contributed by atoms with Gasteiger partial charge in [0.15, 0.2) is 6.10 Å². The molecule has 0 aliphatic heterocycles. The first-order valence-electron chi connectivity index (χ1n) is 10.1. The third-order valence-electron chi connectivity index (χ3n) is 3.49. The number of hydrogen-bond donors (Lipinski definition) is 3. The highest BCUT2D eigenvalue weighted by Gasteiger charge is 2.25. The molecular weight excluding hydrogens is 503 g/mol. The molecule has 0 aromatic heterocycles. The van der Waals surface area contributed by atoms with Gasteiger partial charge < -0.3 is 29.2 Å². The van der Waals surface area contributed by atoms with Crippen LogP contribution in [0.25, 0.3) is 0 Å². The van der Waals surface area contributed by atoms with Crippen molar-refractivity contribution in [3.63, 3.8) is 0 Å². The minimum Gasteiger partial charge on any atom is -0.462 e. The molecule has 3 N–H and O–H groups in total. The number of carbonyl (C=O) groups is 3. The summed E-state index contributed by atoms with van der Waals surface area (Å²) in [4.78, 5) is 43.0. The summed E-state index contributed by atoms with van der Waals surface area (Å²) in [5, 5.41) is 1.71. The minimum absolute atomic E-state index is 0.0316. The van der Waals surface area contributed by atoms with Gasteiger partial charge in [0, 0.05) is 26.9 Å². The lowest BCUT2D eigenvalue weighted by Gasteiger charge is -2.18. The Hall–Kier alpha value is -1.81. The summed E-state index contributed by atoms with van der Waals surface area (Å²) in [6, 6.07) is 0. The normalized spacial score (nSPS) is 14.2. The summed E-state index contributed by atoms with van der Waals surface area (Å²) in [6.07, 6.45) is -1.95. The number of carbonyl (C=O) groups excluding carboxylic acids is 3. The van der Waals surface area contributed by atoms with Crippen LogP contribution in [-0.2, 0) is 52.2 Å². The number of hydrogen-bond acceptors (Lipinski definition) is 12. The van der Waals surface area contributed by atoms with E-state index in [0.717, 1.165) is 13.8 Å². The highest BCUT2D eigenvalue weighted by Crippen LogP contribution is 2.43. The van der Waals surface area contributed by atoms with E-state index in [1.165, 1.54) is 0 Å². The molecule has 34 heavy (non-hydrogen) atoms. The Kier molecular flexibility index (Phi) is 15.9. The number of phosphoric acid groups is 1. The third-order valence-corrected chi connectivity index (χ3v) is 6.32. The molecule has 0 aliphatic carbocycles. The van der Waals surface area contributed by atoms with Crippen LogP contribution in [0.4, 0.5) is 4.79 Å². The van der Waals surface area contributed by atoms with E-state index in [1.54, 1.807) is 13.8 Å².